The molecule has 0 aliphatic rings. The Morgan fingerprint density at radius 1 is 1.19 bits per heavy atom. The average molecular weight is 372 g/mol. The maximum atomic E-state index is 14.0. The number of carbonyl (C=O) groups excluding carboxylic acids is 1. The van der Waals surface area contributed by atoms with Crippen molar-refractivity contribution in [3.8, 4) is 0 Å². The van der Waals surface area contributed by atoms with Crippen LogP contribution in [0.1, 0.15) is 25.1 Å². The molecule has 1 aromatic carbocycles. The Morgan fingerprint density at radius 3 is 2.70 bits per heavy atom. The summed E-state index contributed by atoms with van der Waals surface area (Å²) in [5.74, 6) is -1.44. The maximum Gasteiger partial charge on any atom is 0.315 e. The lowest BCUT2D eigenvalue weighted by molar-refractivity contribution is 0.228. The van der Waals surface area contributed by atoms with Gasteiger partial charge in [0.25, 0.3) is 5.56 Å². The molecule has 0 saturated heterocycles. The third-order valence-corrected chi connectivity index (χ3v) is 4.08. The number of aromatic nitrogens is 2. The van der Waals surface area contributed by atoms with Crippen LogP contribution in [0.15, 0.2) is 53.5 Å². The molecule has 27 heavy (non-hydrogen) atoms. The Kier molecular flexibility index (Phi) is 4.89. The monoisotopic (exact) mass is 372 g/mol. The van der Waals surface area contributed by atoms with Crippen molar-refractivity contribution < 1.29 is 13.6 Å². The van der Waals surface area contributed by atoms with E-state index in [1.807, 2.05) is 0 Å². The summed E-state index contributed by atoms with van der Waals surface area (Å²) in [5, 5.41) is 5.22. The van der Waals surface area contributed by atoms with Gasteiger partial charge in [-0.25, -0.2) is 18.6 Å². The van der Waals surface area contributed by atoms with Crippen LogP contribution in [0.25, 0.3) is 5.65 Å². The lowest BCUT2D eigenvalue weighted by Gasteiger charge is -2.27. The van der Waals surface area contributed by atoms with Crippen LogP contribution in [-0.2, 0) is 12.1 Å². The molecule has 0 spiro atoms. The van der Waals surface area contributed by atoms with E-state index in [4.69, 9.17) is 0 Å². The van der Waals surface area contributed by atoms with E-state index >= 15 is 0 Å². The molecule has 6 nitrogen and oxygen atoms in total. The number of nitrogens with one attached hydrogen (secondary N) is 2. The number of hydrogen-bond acceptors (Lipinski definition) is 3. The lowest BCUT2D eigenvalue weighted by atomic mass is 9.94. The molecule has 2 aromatic heterocycles. The summed E-state index contributed by atoms with van der Waals surface area (Å²) in [4.78, 5) is 28.6. The molecule has 0 saturated carbocycles. The molecule has 2 amide bonds. The zero-order chi connectivity index (χ0) is 19.6. The largest absolute Gasteiger partial charge is 0.332 e. The molecular weight excluding hydrogens is 354 g/mol. The van der Waals surface area contributed by atoms with Gasteiger partial charge in [-0.1, -0.05) is 12.1 Å². The number of pyridine rings is 1. The Labute approximate surface area is 153 Å². The van der Waals surface area contributed by atoms with Crippen molar-refractivity contribution in [3.63, 3.8) is 0 Å². The smallest absolute Gasteiger partial charge is 0.315 e. The Hall–Kier alpha value is -3.29. The molecule has 0 fully saturated rings. The number of fused-ring (bicyclic) bond motifs is 1. The fourth-order valence-corrected chi connectivity index (χ4v) is 2.76. The van der Waals surface area contributed by atoms with E-state index in [9.17, 15) is 18.4 Å². The number of hydrogen-bond donors (Lipinski definition) is 2. The number of urea groups is 1. The molecule has 0 aliphatic carbocycles. The maximum absolute atomic E-state index is 14.0. The highest BCUT2D eigenvalue weighted by Crippen LogP contribution is 2.23. The van der Waals surface area contributed by atoms with Gasteiger partial charge in [-0.2, -0.15) is 0 Å². The van der Waals surface area contributed by atoms with Crippen molar-refractivity contribution in [3.05, 3.63) is 81.9 Å². The van der Waals surface area contributed by atoms with Gasteiger partial charge in [0.15, 0.2) is 0 Å². The fraction of sp³-hybridized carbons (Fsp3) is 0.211. The molecular formula is C19H18F2N4O2. The summed E-state index contributed by atoms with van der Waals surface area (Å²) in [7, 11) is 0. The van der Waals surface area contributed by atoms with Crippen LogP contribution in [0.4, 0.5) is 13.6 Å². The minimum atomic E-state index is -1.07. The third kappa shape index (κ3) is 4.11. The highest BCUT2D eigenvalue weighted by Gasteiger charge is 2.26. The molecule has 0 atom stereocenters. The molecule has 8 heteroatoms. The van der Waals surface area contributed by atoms with Gasteiger partial charge in [0.1, 0.15) is 17.3 Å². The number of nitrogens with zero attached hydrogens (tertiary/aromatic N) is 2. The van der Waals surface area contributed by atoms with Gasteiger partial charge in [0, 0.05) is 23.9 Å². The van der Waals surface area contributed by atoms with Crippen molar-refractivity contribution in [2.24, 2.45) is 0 Å². The van der Waals surface area contributed by atoms with Crippen LogP contribution in [0.2, 0.25) is 0 Å². The van der Waals surface area contributed by atoms with Crippen LogP contribution in [0.3, 0.4) is 0 Å². The van der Waals surface area contributed by atoms with Crippen LogP contribution < -0.4 is 16.2 Å². The van der Waals surface area contributed by atoms with Gasteiger partial charge in [-0.3, -0.25) is 9.20 Å². The van der Waals surface area contributed by atoms with E-state index < -0.39 is 23.2 Å². The SMILES string of the molecule is CC(C)(NC(=O)NCc1cc(=O)n2ccccc2n1)c1ccc(F)cc1F. The number of carbonyl (C=O) groups is 1. The third-order valence-electron chi connectivity index (χ3n) is 4.08. The lowest BCUT2D eigenvalue weighted by Crippen LogP contribution is -2.46. The zero-order valence-electron chi connectivity index (χ0n) is 14.8. The molecule has 0 unspecified atom stereocenters. The molecule has 2 N–H and O–H groups in total. The standard InChI is InChI=1S/C19H18F2N4O2/c1-19(2,14-7-6-12(20)9-15(14)21)24-18(27)22-11-13-10-17(26)25-8-4-3-5-16(25)23-13/h3-10H,11H2,1-2H3,(H2,22,24,27). The first-order valence-corrected chi connectivity index (χ1v) is 8.25. The predicted octanol–water partition coefficient (Wildman–Crippen LogP) is 2.71. The molecule has 3 rings (SSSR count). The second-order valence-electron chi connectivity index (χ2n) is 6.57. The number of benzene rings is 1. The number of amides is 2. The zero-order valence-corrected chi connectivity index (χ0v) is 14.8. The Morgan fingerprint density at radius 2 is 1.96 bits per heavy atom. The Bertz CT molecular complexity index is 1060. The quantitative estimate of drug-likeness (QED) is 0.739. The predicted molar refractivity (Wildman–Crippen MR) is 96.2 cm³/mol. The van der Waals surface area contributed by atoms with Crippen molar-refractivity contribution in [2.75, 3.05) is 0 Å². The summed E-state index contributed by atoms with van der Waals surface area (Å²) < 4.78 is 28.5. The first-order valence-electron chi connectivity index (χ1n) is 8.25. The van der Waals surface area contributed by atoms with Gasteiger partial charge in [-0.05, 0) is 32.0 Å². The van der Waals surface area contributed by atoms with E-state index in [1.54, 1.807) is 38.2 Å². The normalized spacial score (nSPS) is 11.4. The van der Waals surface area contributed by atoms with E-state index in [0.717, 1.165) is 12.1 Å². The van der Waals surface area contributed by atoms with E-state index in [-0.39, 0.29) is 17.7 Å². The molecule has 3 aromatic rings. The van der Waals surface area contributed by atoms with Gasteiger partial charge in [-0.15, -0.1) is 0 Å². The van der Waals surface area contributed by atoms with Crippen molar-refractivity contribution in [1.82, 2.24) is 20.0 Å². The van der Waals surface area contributed by atoms with Gasteiger partial charge < -0.3 is 10.6 Å². The van der Waals surface area contributed by atoms with E-state index in [1.165, 1.54) is 16.5 Å². The van der Waals surface area contributed by atoms with Gasteiger partial charge in [0.05, 0.1) is 17.8 Å². The van der Waals surface area contributed by atoms with E-state index in [2.05, 4.69) is 15.6 Å². The van der Waals surface area contributed by atoms with Gasteiger partial charge in [0.2, 0.25) is 0 Å². The number of rotatable bonds is 4. The molecule has 0 aliphatic heterocycles. The minimum absolute atomic E-state index is 0.0223. The van der Waals surface area contributed by atoms with E-state index in [0.29, 0.717) is 11.3 Å². The summed E-state index contributed by atoms with van der Waals surface area (Å²) in [6.45, 7) is 3.22. The van der Waals surface area contributed by atoms with Crippen molar-refractivity contribution >= 4 is 11.7 Å². The fourth-order valence-electron chi connectivity index (χ4n) is 2.76. The molecule has 2 heterocycles. The average Bonchev–Trinajstić information content (AvgIpc) is 2.59. The van der Waals surface area contributed by atoms with Crippen LogP contribution in [0, 0.1) is 11.6 Å². The van der Waals surface area contributed by atoms with Crippen molar-refractivity contribution in [2.45, 2.75) is 25.9 Å². The summed E-state index contributed by atoms with van der Waals surface area (Å²) in [6, 6.07) is 9.11. The van der Waals surface area contributed by atoms with Crippen molar-refractivity contribution in [1.29, 1.82) is 0 Å². The first-order chi connectivity index (χ1) is 12.8. The summed E-state index contributed by atoms with van der Waals surface area (Å²) in [5.41, 5.74) is -0.311. The highest BCUT2D eigenvalue weighted by molar-refractivity contribution is 5.75. The first kappa shape index (κ1) is 18.5. The Balaban J connectivity index is 1.70. The summed E-state index contributed by atoms with van der Waals surface area (Å²) in [6.07, 6.45) is 1.61. The topological polar surface area (TPSA) is 75.5 Å². The van der Waals surface area contributed by atoms with Crippen LogP contribution in [0.5, 0.6) is 0 Å². The number of halogens is 2. The van der Waals surface area contributed by atoms with Crippen LogP contribution >= 0.6 is 0 Å². The highest BCUT2D eigenvalue weighted by atomic mass is 19.1. The second kappa shape index (κ2) is 7.14. The second-order valence-corrected chi connectivity index (χ2v) is 6.57. The van der Waals surface area contributed by atoms with Crippen LogP contribution in [-0.4, -0.2) is 15.4 Å². The molecule has 0 bridgehead atoms. The molecule has 140 valence electrons. The summed E-state index contributed by atoms with van der Waals surface area (Å²) >= 11 is 0. The van der Waals surface area contributed by atoms with Gasteiger partial charge >= 0.3 is 6.03 Å². The minimum Gasteiger partial charge on any atom is -0.332 e. The molecule has 0 radical (unpaired) electrons.